The molecule has 3 nitrogen and oxygen atoms in total. The smallest absolute Gasteiger partial charge is 0.223 e. The number of amides is 1. The van der Waals surface area contributed by atoms with Gasteiger partial charge in [0, 0.05) is 25.1 Å². The van der Waals surface area contributed by atoms with Crippen LogP contribution in [0.1, 0.15) is 31.4 Å². The fraction of sp³-hybridized carbons (Fsp3) is 0.471. The third kappa shape index (κ3) is 3.40. The monoisotopic (exact) mass is 270 g/mol. The van der Waals surface area contributed by atoms with E-state index in [-0.39, 0.29) is 5.91 Å². The first kappa shape index (κ1) is 14.6. The summed E-state index contributed by atoms with van der Waals surface area (Å²) in [4.78, 5) is 14.0. The normalized spacial score (nSPS) is 18.3. The highest BCUT2D eigenvalue weighted by Crippen LogP contribution is 2.26. The lowest BCUT2D eigenvalue weighted by Gasteiger charge is -2.19. The summed E-state index contributed by atoms with van der Waals surface area (Å²) in [5, 5.41) is 0. The summed E-state index contributed by atoms with van der Waals surface area (Å²) < 4.78 is 0. The number of nitrogens with two attached hydrogens (primary N) is 1. The topological polar surface area (TPSA) is 46.3 Å². The molecule has 1 aliphatic heterocycles. The van der Waals surface area contributed by atoms with Gasteiger partial charge >= 0.3 is 0 Å². The molecule has 1 aromatic rings. The van der Waals surface area contributed by atoms with Crippen molar-refractivity contribution in [3.63, 3.8) is 0 Å². The molecule has 1 atom stereocenters. The molecule has 0 spiro atoms. The predicted molar refractivity (Wildman–Crippen MR) is 80.7 cm³/mol. The first-order valence-corrected chi connectivity index (χ1v) is 7.16. The Bertz CT molecular complexity index is 539. The van der Waals surface area contributed by atoms with Crippen LogP contribution in [0.15, 0.2) is 24.3 Å². The Labute approximate surface area is 121 Å². The number of hydrogen-bond donors (Lipinski definition) is 1. The maximum atomic E-state index is 12.1. The lowest BCUT2D eigenvalue weighted by Crippen LogP contribution is -2.25. The number of carbonyl (C=O) groups excluding carboxylic acids is 1. The van der Waals surface area contributed by atoms with E-state index in [0.29, 0.717) is 31.3 Å². The number of nitrogens with zero attached hydrogens (tertiary/aromatic N) is 1. The average Bonchev–Trinajstić information content (AvgIpc) is 2.79. The van der Waals surface area contributed by atoms with Gasteiger partial charge in [0.2, 0.25) is 5.91 Å². The van der Waals surface area contributed by atoms with Gasteiger partial charge in [0.1, 0.15) is 0 Å². The minimum Gasteiger partial charge on any atom is -0.338 e. The fourth-order valence-corrected chi connectivity index (χ4v) is 2.53. The molecule has 3 heteroatoms. The van der Waals surface area contributed by atoms with Gasteiger partial charge in [-0.05, 0) is 23.5 Å². The van der Waals surface area contributed by atoms with Crippen LogP contribution >= 0.6 is 0 Å². The Balaban J connectivity index is 2.13. The molecule has 1 aliphatic rings. The van der Waals surface area contributed by atoms with Gasteiger partial charge in [-0.1, -0.05) is 43.9 Å². The van der Waals surface area contributed by atoms with Gasteiger partial charge in [0.25, 0.3) is 0 Å². The highest BCUT2D eigenvalue weighted by atomic mass is 16.2. The van der Waals surface area contributed by atoms with Crippen LogP contribution in [0.25, 0.3) is 0 Å². The van der Waals surface area contributed by atoms with Crippen LogP contribution < -0.4 is 5.73 Å². The van der Waals surface area contributed by atoms with Crippen LogP contribution in [0.3, 0.4) is 0 Å². The van der Waals surface area contributed by atoms with Gasteiger partial charge in [0.05, 0.1) is 6.54 Å². The Hall–Kier alpha value is -1.79. The van der Waals surface area contributed by atoms with Gasteiger partial charge in [-0.25, -0.2) is 0 Å². The SMILES string of the molecule is CC(C)C1CC(=O)N(Cc2ccccc2C#CCN)C1. The molecule has 1 unspecified atom stereocenters. The van der Waals surface area contributed by atoms with E-state index < -0.39 is 0 Å². The van der Waals surface area contributed by atoms with Crippen LogP contribution in [0.2, 0.25) is 0 Å². The molecule has 0 aromatic heterocycles. The van der Waals surface area contributed by atoms with E-state index in [1.165, 1.54) is 0 Å². The number of likely N-dealkylation sites (tertiary alicyclic amines) is 1. The Morgan fingerprint density at radius 3 is 2.80 bits per heavy atom. The van der Waals surface area contributed by atoms with Crippen molar-refractivity contribution in [2.75, 3.05) is 13.1 Å². The highest BCUT2D eigenvalue weighted by Gasteiger charge is 2.31. The fourth-order valence-electron chi connectivity index (χ4n) is 2.53. The lowest BCUT2D eigenvalue weighted by molar-refractivity contribution is -0.128. The van der Waals surface area contributed by atoms with E-state index in [9.17, 15) is 4.79 Å². The summed E-state index contributed by atoms with van der Waals surface area (Å²) in [5.74, 6) is 7.25. The Morgan fingerprint density at radius 2 is 2.15 bits per heavy atom. The summed E-state index contributed by atoms with van der Waals surface area (Å²) in [6.07, 6.45) is 0.675. The third-order valence-electron chi connectivity index (χ3n) is 3.89. The maximum absolute atomic E-state index is 12.1. The number of hydrogen-bond acceptors (Lipinski definition) is 2. The van der Waals surface area contributed by atoms with Crippen molar-refractivity contribution in [1.82, 2.24) is 4.90 Å². The molecule has 1 aromatic carbocycles. The Morgan fingerprint density at radius 1 is 1.40 bits per heavy atom. The lowest BCUT2D eigenvalue weighted by atomic mass is 9.95. The second-order valence-electron chi connectivity index (χ2n) is 5.65. The van der Waals surface area contributed by atoms with Crippen molar-refractivity contribution < 1.29 is 4.79 Å². The largest absolute Gasteiger partial charge is 0.338 e. The van der Waals surface area contributed by atoms with Crippen LogP contribution in [-0.2, 0) is 11.3 Å². The summed E-state index contributed by atoms with van der Waals surface area (Å²) in [6, 6.07) is 7.98. The quantitative estimate of drug-likeness (QED) is 0.854. The van der Waals surface area contributed by atoms with Crippen LogP contribution in [0, 0.1) is 23.7 Å². The molecule has 1 saturated heterocycles. The van der Waals surface area contributed by atoms with E-state index in [0.717, 1.165) is 17.7 Å². The van der Waals surface area contributed by atoms with Crippen LogP contribution in [-0.4, -0.2) is 23.9 Å². The standard InChI is InChI=1S/C17H22N2O/c1-13(2)16-10-17(20)19(12-16)11-15-7-4-3-6-14(15)8-5-9-18/h3-4,6-7,13,16H,9-12,18H2,1-2H3. The maximum Gasteiger partial charge on any atom is 0.223 e. The van der Waals surface area contributed by atoms with Crippen LogP contribution in [0.5, 0.6) is 0 Å². The minimum atomic E-state index is 0.255. The second-order valence-corrected chi connectivity index (χ2v) is 5.65. The van der Waals surface area contributed by atoms with Gasteiger partial charge in [-0.3, -0.25) is 4.79 Å². The molecule has 0 bridgehead atoms. The zero-order valence-corrected chi connectivity index (χ0v) is 12.2. The van der Waals surface area contributed by atoms with E-state index in [1.807, 2.05) is 29.2 Å². The van der Waals surface area contributed by atoms with Crippen molar-refractivity contribution in [3.05, 3.63) is 35.4 Å². The van der Waals surface area contributed by atoms with Gasteiger partial charge in [0.15, 0.2) is 0 Å². The molecule has 0 aliphatic carbocycles. The molecule has 1 amide bonds. The van der Waals surface area contributed by atoms with E-state index in [4.69, 9.17) is 5.73 Å². The van der Waals surface area contributed by atoms with E-state index in [2.05, 4.69) is 25.7 Å². The van der Waals surface area contributed by atoms with Crippen molar-refractivity contribution in [2.45, 2.75) is 26.8 Å². The molecule has 2 rings (SSSR count). The predicted octanol–water partition coefficient (Wildman–Crippen LogP) is 2.00. The highest BCUT2D eigenvalue weighted by molar-refractivity contribution is 5.78. The summed E-state index contributed by atoms with van der Waals surface area (Å²) in [7, 11) is 0. The van der Waals surface area contributed by atoms with Crippen molar-refractivity contribution >= 4 is 5.91 Å². The number of rotatable bonds is 3. The first-order valence-electron chi connectivity index (χ1n) is 7.16. The molecular weight excluding hydrogens is 248 g/mol. The van der Waals surface area contributed by atoms with E-state index >= 15 is 0 Å². The van der Waals surface area contributed by atoms with Crippen molar-refractivity contribution in [1.29, 1.82) is 0 Å². The number of benzene rings is 1. The van der Waals surface area contributed by atoms with Gasteiger partial charge < -0.3 is 10.6 Å². The van der Waals surface area contributed by atoms with Gasteiger partial charge in [-0.2, -0.15) is 0 Å². The molecule has 1 heterocycles. The number of carbonyl (C=O) groups is 1. The van der Waals surface area contributed by atoms with Crippen molar-refractivity contribution in [3.8, 4) is 11.8 Å². The molecule has 20 heavy (non-hydrogen) atoms. The first-order chi connectivity index (χ1) is 9.61. The molecule has 106 valence electrons. The Kier molecular flexibility index (Phi) is 4.81. The molecule has 2 N–H and O–H groups in total. The molecule has 0 radical (unpaired) electrons. The summed E-state index contributed by atoms with van der Waals surface area (Å²) in [5.41, 5.74) is 7.50. The molecule has 0 saturated carbocycles. The zero-order valence-electron chi connectivity index (χ0n) is 12.2. The van der Waals surface area contributed by atoms with Crippen molar-refractivity contribution in [2.24, 2.45) is 17.6 Å². The van der Waals surface area contributed by atoms with Gasteiger partial charge in [-0.15, -0.1) is 0 Å². The molecular formula is C17H22N2O. The van der Waals surface area contributed by atoms with E-state index in [1.54, 1.807) is 0 Å². The van der Waals surface area contributed by atoms with Crippen LogP contribution in [0.4, 0.5) is 0 Å². The minimum absolute atomic E-state index is 0.255. The summed E-state index contributed by atoms with van der Waals surface area (Å²) >= 11 is 0. The zero-order chi connectivity index (χ0) is 14.5. The third-order valence-corrected chi connectivity index (χ3v) is 3.89. The summed E-state index contributed by atoms with van der Waals surface area (Å²) in [6.45, 7) is 6.23. The molecule has 1 fully saturated rings. The second kappa shape index (κ2) is 6.58. The average molecular weight is 270 g/mol.